The number of tetrazole rings is 1. The second kappa shape index (κ2) is 8.89. The van der Waals surface area contributed by atoms with Gasteiger partial charge in [0.1, 0.15) is 0 Å². The van der Waals surface area contributed by atoms with Crippen LogP contribution in [-0.2, 0) is 13.1 Å². The molecule has 1 aliphatic heterocycles. The molecule has 1 fully saturated rings. The largest absolute Gasteiger partial charge is 0.296 e. The van der Waals surface area contributed by atoms with Crippen LogP contribution in [0.3, 0.4) is 0 Å². The Hall–Kier alpha value is -1.86. The van der Waals surface area contributed by atoms with Crippen molar-refractivity contribution in [2.75, 3.05) is 19.6 Å². The summed E-state index contributed by atoms with van der Waals surface area (Å²) in [5.74, 6) is 1.60. The zero-order chi connectivity index (χ0) is 19.4. The molecule has 3 heterocycles. The van der Waals surface area contributed by atoms with Crippen molar-refractivity contribution in [2.24, 2.45) is 5.92 Å². The molecule has 27 heavy (non-hydrogen) atoms. The number of nitrogens with zero attached hydrogens (tertiary/aromatic N) is 7. The molecule has 0 radical (unpaired) electrons. The van der Waals surface area contributed by atoms with Crippen LogP contribution in [0.2, 0.25) is 0 Å². The van der Waals surface area contributed by atoms with Crippen LogP contribution in [0.25, 0.3) is 0 Å². The number of aryl methyl sites for hydroxylation is 1. The van der Waals surface area contributed by atoms with Gasteiger partial charge in [0.05, 0.1) is 12.6 Å². The van der Waals surface area contributed by atoms with Crippen molar-refractivity contribution in [1.82, 2.24) is 35.0 Å². The highest BCUT2D eigenvalue weighted by Gasteiger charge is 2.31. The molecule has 3 rings (SSSR count). The van der Waals surface area contributed by atoms with Gasteiger partial charge >= 0.3 is 0 Å². The second-order valence-corrected chi connectivity index (χ2v) is 8.10. The van der Waals surface area contributed by atoms with Gasteiger partial charge in [0, 0.05) is 44.1 Å². The SMILES string of the molecule is CC[C@@H](C)[C@@H]1CN(Cc2ccc(C)nc2)CCN1Cc1nnnn1C(C)C. The molecule has 7 heteroatoms. The average Bonchev–Trinajstić information content (AvgIpc) is 3.12. The first-order valence-electron chi connectivity index (χ1n) is 10.1. The third-order valence-electron chi connectivity index (χ3n) is 5.69. The maximum Gasteiger partial charge on any atom is 0.165 e. The Morgan fingerprint density at radius 2 is 1.96 bits per heavy atom. The topological polar surface area (TPSA) is 63.0 Å². The fourth-order valence-corrected chi connectivity index (χ4v) is 3.81. The number of aromatic nitrogens is 5. The normalized spacial score (nSPS) is 20.3. The molecule has 148 valence electrons. The molecule has 1 saturated heterocycles. The van der Waals surface area contributed by atoms with Crippen molar-refractivity contribution in [3.05, 3.63) is 35.4 Å². The minimum Gasteiger partial charge on any atom is -0.296 e. The molecule has 0 N–H and O–H groups in total. The summed E-state index contributed by atoms with van der Waals surface area (Å²) in [7, 11) is 0. The molecule has 2 aromatic heterocycles. The number of hydrogen-bond acceptors (Lipinski definition) is 6. The lowest BCUT2D eigenvalue weighted by molar-refractivity contribution is 0.0325. The summed E-state index contributed by atoms with van der Waals surface area (Å²) in [5.41, 5.74) is 2.37. The minimum atomic E-state index is 0.285. The molecule has 7 nitrogen and oxygen atoms in total. The van der Waals surface area contributed by atoms with E-state index in [1.165, 1.54) is 12.0 Å². The van der Waals surface area contributed by atoms with Crippen LogP contribution in [0.4, 0.5) is 0 Å². The van der Waals surface area contributed by atoms with Gasteiger partial charge in [-0.1, -0.05) is 26.3 Å². The van der Waals surface area contributed by atoms with E-state index in [4.69, 9.17) is 0 Å². The summed E-state index contributed by atoms with van der Waals surface area (Å²) in [5, 5.41) is 12.3. The summed E-state index contributed by atoms with van der Waals surface area (Å²) in [6.45, 7) is 15.9. The maximum atomic E-state index is 4.44. The molecule has 2 aromatic rings. The lowest BCUT2D eigenvalue weighted by atomic mass is 9.95. The van der Waals surface area contributed by atoms with Crippen molar-refractivity contribution in [3.8, 4) is 0 Å². The van der Waals surface area contributed by atoms with E-state index < -0.39 is 0 Å². The van der Waals surface area contributed by atoms with Crippen molar-refractivity contribution < 1.29 is 0 Å². The van der Waals surface area contributed by atoms with E-state index >= 15 is 0 Å². The van der Waals surface area contributed by atoms with Gasteiger partial charge in [0.2, 0.25) is 0 Å². The zero-order valence-electron chi connectivity index (χ0n) is 17.3. The van der Waals surface area contributed by atoms with Gasteiger partial charge in [0.25, 0.3) is 0 Å². The molecule has 1 aliphatic rings. The van der Waals surface area contributed by atoms with Gasteiger partial charge in [-0.2, -0.15) is 0 Å². The summed E-state index contributed by atoms with van der Waals surface area (Å²) in [4.78, 5) is 9.58. The second-order valence-electron chi connectivity index (χ2n) is 8.10. The van der Waals surface area contributed by atoms with E-state index in [1.54, 1.807) is 0 Å². The standard InChI is InChI=1S/C20H33N7/c1-6-16(4)19-13-25(12-18-8-7-17(5)21-11-18)9-10-26(19)14-20-22-23-24-27(20)15(2)3/h7-8,11,15-16,19H,6,9-10,12-14H2,1-5H3/t16-,19+/m1/s1. The van der Waals surface area contributed by atoms with Crippen molar-refractivity contribution in [2.45, 2.75) is 66.2 Å². The predicted octanol–water partition coefficient (Wildman–Crippen LogP) is 2.69. The number of hydrogen-bond donors (Lipinski definition) is 0. The smallest absolute Gasteiger partial charge is 0.165 e. The molecule has 0 aliphatic carbocycles. The molecule has 0 aromatic carbocycles. The fourth-order valence-electron chi connectivity index (χ4n) is 3.81. The van der Waals surface area contributed by atoms with Crippen molar-refractivity contribution in [1.29, 1.82) is 0 Å². The fraction of sp³-hybridized carbons (Fsp3) is 0.700. The highest BCUT2D eigenvalue weighted by Crippen LogP contribution is 2.23. The van der Waals surface area contributed by atoms with Crippen molar-refractivity contribution in [3.63, 3.8) is 0 Å². The first-order chi connectivity index (χ1) is 13.0. The maximum absolute atomic E-state index is 4.44. The van der Waals surface area contributed by atoms with E-state index in [-0.39, 0.29) is 6.04 Å². The number of rotatable bonds is 7. The molecule has 2 atom stereocenters. The lowest BCUT2D eigenvalue weighted by Gasteiger charge is -2.44. The number of pyridine rings is 1. The van der Waals surface area contributed by atoms with Crippen LogP contribution in [0, 0.1) is 12.8 Å². The molecule has 0 unspecified atom stereocenters. The molecule has 0 saturated carbocycles. The Labute approximate surface area is 162 Å². The summed E-state index contributed by atoms with van der Waals surface area (Å²) in [6, 6.07) is 5.10. The van der Waals surface area contributed by atoms with Gasteiger partial charge in [-0.3, -0.25) is 14.8 Å². The van der Waals surface area contributed by atoms with Crippen LogP contribution >= 0.6 is 0 Å². The van der Waals surface area contributed by atoms with Crippen LogP contribution in [-0.4, -0.2) is 60.7 Å². The Morgan fingerprint density at radius 3 is 2.63 bits per heavy atom. The van der Waals surface area contributed by atoms with Crippen LogP contribution < -0.4 is 0 Å². The first kappa shape index (κ1) is 19.9. The molecule has 0 spiro atoms. The third kappa shape index (κ3) is 4.90. The minimum absolute atomic E-state index is 0.285. The quantitative estimate of drug-likeness (QED) is 0.746. The van der Waals surface area contributed by atoms with Crippen LogP contribution in [0.5, 0.6) is 0 Å². The monoisotopic (exact) mass is 371 g/mol. The van der Waals surface area contributed by atoms with Crippen LogP contribution in [0.1, 0.15) is 57.2 Å². The molecule has 0 bridgehead atoms. The van der Waals surface area contributed by atoms with Gasteiger partial charge in [0.15, 0.2) is 5.82 Å². The van der Waals surface area contributed by atoms with E-state index in [9.17, 15) is 0 Å². The Balaban J connectivity index is 1.69. The van der Waals surface area contributed by atoms with E-state index in [2.05, 4.69) is 70.1 Å². The Kier molecular flexibility index (Phi) is 6.55. The van der Waals surface area contributed by atoms with E-state index in [1.807, 2.05) is 17.8 Å². The average molecular weight is 372 g/mol. The third-order valence-corrected chi connectivity index (χ3v) is 5.69. The van der Waals surface area contributed by atoms with Gasteiger partial charge in [-0.25, -0.2) is 4.68 Å². The van der Waals surface area contributed by atoms with E-state index in [0.29, 0.717) is 12.0 Å². The zero-order valence-corrected chi connectivity index (χ0v) is 17.3. The lowest BCUT2D eigenvalue weighted by Crippen LogP contribution is -2.54. The number of piperazine rings is 1. The Morgan fingerprint density at radius 1 is 1.15 bits per heavy atom. The van der Waals surface area contributed by atoms with Gasteiger partial charge in [-0.05, 0) is 48.7 Å². The molecule has 0 amide bonds. The van der Waals surface area contributed by atoms with Crippen LogP contribution in [0.15, 0.2) is 18.3 Å². The molecular formula is C20H33N7. The highest BCUT2D eigenvalue weighted by atomic mass is 15.6. The highest BCUT2D eigenvalue weighted by molar-refractivity contribution is 5.13. The van der Waals surface area contributed by atoms with Gasteiger partial charge < -0.3 is 0 Å². The summed E-state index contributed by atoms with van der Waals surface area (Å²) in [6.07, 6.45) is 3.19. The van der Waals surface area contributed by atoms with Crippen molar-refractivity contribution >= 4 is 0 Å². The Bertz CT molecular complexity index is 709. The van der Waals surface area contributed by atoms with E-state index in [0.717, 1.165) is 44.2 Å². The molecular weight excluding hydrogens is 338 g/mol. The summed E-state index contributed by atoms with van der Waals surface area (Å²) >= 11 is 0. The van der Waals surface area contributed by atoms with Gasteiger partial charge in [-0.15, -0.1) is 5.10 Å². The first-order valence-corrected chi connectivity index (χ1v) is 10.1. The predicted molar refractivity (Wildman–Crippen MR) is 106 cm³/mol. The summed E-state index contributed by atoms with van der Waals surface area (Å²) < 4.78 is 1.94.